The second-order valence-corrected chi connectivity index (χ2v) is 7.87. The highest BCUT2D eigenvalue weighted by Crippen LogP contribution is 2.24. The van der Waals surface area contributed by atoms with Gasteiger partial charge in [-0.05, 0) is 31.6 Å². The number of carbonyl (C=O) groups is 2. The van der Waals surface area contributed by atoms with E-state index in [0.717, 1.165) is 12.8 Å². The van der Waals surface area contributed by atoms with E-state index < -0.39 is 46.3 Å². The third-order valence-corrected chi connectivity index (χ3v) is 5.09. The zero-order valence-corrected chi connectivity index (χ0v) is 13.9. The summed E-state index contributed by atoms with van der Waals surface area (Å²) in [5.74, 6) is -3.79. The number of hydrogen-bond donors (Lipinski definition) is 3. The molecule has 0 heterocycles. The lowest BCUT2D eigenvalue weighted by Crippen LogP contribution is -2.48. The Morgan fingerprint density at radius 1 is 1.21 bits per heavy atom. The van der Waals surface area contributed by atoms with Crippen LogP contribution in [0, 0.1) is 5.92 Å². The minimum atomic E-state index is -4.80. The molecule has 3 N–H and O–H groups in total. The summed E-state index contributed by atoms with van der Waals surface area (Å²) in [7, 11) is -4.05. The lowest BCUT2D eigenvalue weighted by Gasteiger charge is -2.26. The Morgan fingerprint density at radius 2 is 1.75 bits per heavy atom. The zero-order valence-electron chi connectivity index (χ0n) is 13.1. The Kier molecular flexibility index (Phi) is 7.02. The van der Waals surface area contributed by atoms with Crippen LogP contribution in [-0.2, 0) is 19.6 Å². The van der Waals surface area contributed by atoms with Crippen molar-refractivity contribution in [2.24, 2.45) is 5.92 Å². The van der Waals surface area contributed by atoms with E-state index in [4.69, 9.17) is 5.11 Å². The molecule has 0 radical (unpaired) electrons. The molecule has 140 valence electrons. The van der Waals surface area contributed by atoms with Crippen molar-refractivity contribution >= 4 is 21.9 Å². The van der Waals surface area contributed by atoms with Gasteiger partial charge in [0.1, 0.15) is 11.8 Å². The number of sulfonamides is 1. The van der Waals surface area contributed by atoms with Crippen LogP contribution >= 0.6 is 0 Å². The van der Waals surface area contributed by atoms with Crippen molar-refractivity contribution in [1.29, 1.82) is 0 Å². The molecule has 1 aliphatic rings. The molecule has 0 bridgehead atoms. The number of nitrogens with one attached hydrogen (secondary N) is 2. The molecule has 1 unspecified atom stereocenters. The summed E-state index contributed by atoms with van der Waals surface area (Å²) < 4.78 is 62.9. The van der Waals surface area contributed by atoms with Gasteiger partial charge in [0.15, 0.2) is 0 Å². The third-order valence-electron chi connectivity index (χ3n) is 3.75. The Bertz CT molecular complexity index is 556. The standard InChI is InChI=1S/C13H21F3N2O5S/c1-8-2-4-9(5-3-8)18-24(22,23)7-11(19)17-10(12(20)21)6-13(14,15)16/h8-10,18H,2-7H2,1H3,(H,17,19)(H,20,21). The number of halogens is 3. The van der Waals surface area contributed by atoms with Crippen molar-refractivity contribution in [1.82, 2.24) is 10.0 Å². The second kappa shape index (κ2) is 8.15. The van der Waals surface area contributed by atoms with Crippen molar-refractivity contribution < 1.29 is 36.3 Å². The Hall–Kier alpha value is -1.36. The quantitative estimate of drug-likeness (QED) is 0.616. The Balaban J connectivity index is 2.56. The second-order valence-electron chi connectivity index (χ2n) is 6.11. The van der Waals surface area contributed by atoms with Crippen LogP contribution in [-0.4, -0.2) is 49.4 Å². The van der Waals surface area contributed by atoms with Crippen LogP contribution in [0.1, 0.15) is 39.0 Å². The first kappa shape index (κ1) is 20.7. The van der Waals surface area contributed by atoms with Crippen LogP contribution in [0.5, 0.6) is 0 Å². The van der Waals surface area contributed by atoms with E-state index in [1.807, 2.05) is 6.92 Å². The molecule has 1 fully saturated rings. The summed E-state index contributed by atoms with van der Waals surface area (Å²) in [6.07, 6.45) is -3.66. The summed E-state index contributed by atoms with van der Waals surface area (Å²) >= 11 is 0. The minimum Gasteiger partial charge on any atom is -0.480 e. The summed E-state index contributed by atoms with van der Waals surface area (Å²) in [6, 6.07) is -2.53. The maximum atomic E-state index is 12.2. The van der Waals surface area contributed by atoms with Gasteiger partial charge in [-0.3, -0.25) is 4.79 Å². The Morgan fingerprint density at radius 3 is 2.21 bits per heavy atom. The highest BCUT2D eigenvalue weighted by atomic mass is 32.2. The van der Waals surface area contributed by atoms with Gasteiger partial charge in [-0.25, -0.2) is 17.9 Å². The van der Waals surface area contributed by atoms with Gasteiger partial charge in [-0.2, -0.15) is 13.2 Å². The van der Waals surface area contributed by atoms with Crippen LogP contribution in [0.25, 0.3) is 0 Å². The van der Waals surface area contributed by atoms with Gasteiger partial charge >= 0.3 is 12.1 Å². The van der Waals surface area contributed by atoms with Gasteiger partial charge in [-0.15, -0.1) is 0 Å². The number of aliphatic carboxylic acids is 1. The molecule has 0 aromatic rings. The van der Waals surface area contributed by atoms with Crippen molar-refractivity contribution in [3.63, 3.8) is 0 Å². The molecule has 1 atom stereocenters. The summed E-state index contributed by atoms with van der Waals surface area (Å²) in [5, 5.41) is 10.3. The van der Waals surface area contributed by atoms with Crippen LogP contribution in [0.15, 0.2) is 0 Å². The average molecular weight is 374 g/mol. The predicted molar refractivity (Wildman–Crippen MR) is 78.6 cm³/mol. The summed E-state index contributed by atoms with van der Waals surface area (Å²) in [5.41, 5.74) is 0. The topological polar surface area (TPSA) is 113 Å². The molecule has 0 aliphatic heterocycles. The first-order valence-electron chi connectivity index (χ1n) is 7.47. The van der Waals surface area contributed by atoms with E-state index >= 15 is 0 Å². The van der Waals surface area contributed by atoms with E-state index in [9.17, 15) is 31.2 Å². The van der Waals surface area contributed by atoms with Gasteiger partial charge in [0.25, 0.3) is 0 Å². The molecule has 0 spiro atoms. The maximum absolute atomic E-state index is 12.2. The molecular formula is C13H21F3N2O5S. The van der Waals surface area contributed by atoms with Crippen LogP contribution in [0.3, 0.4) is 0 Å². The van der Waals surface area contributed by atoms with Gasteiger partial charge in [0, 0.05) is 6.04 Å². The number of carboxylic acids is 1. The van der Waals surface area contributed by atoms with E-state index in [-0.39, 0.29) is 6.04 Å². The molecule has 0 saturated heterocycles. The minimum absolute atomic E-state index is 0.315. The monoisotopic (exact) mass is 374 g/mol. The largest absolute Gasteiger partial charge is 0.480 e. The van der Waals surface area contributed by atoms with Gasteiger partial charge in [0.05, 0.1) is 6.42 Å². The normalized spacial score (nSPS) is 23.5. The number of carbonyl (C=O) groups excluding carboxylic acids is 1. The molecule has 1 aliphatic carbocycles. The fraction of sp³-hybridized carbons (Fsp3) is 0.846. The summed E-state index contributed by atoms with van der Waals surface area (Å²) in [6.45, 7) is 2.05. The van der Waals surface area contributed by atoms with Crippen molar-refractivity contribution in [3.05, 3.63) is 0 Å². The lowest BCUT2D eigenvalue weighted by atomic mass is 9.88. The fourth-order valence-corrected chi connectivity index (χ4v) is 3.77. The van der Waals surface area contributed by atoms with Gasteiger partial charge in [0.2, 0.25) is 15.9 Å². The number of carboxylic acid groups (broad SMARTS) is 1. The molecule has 0 aromatic heterocycles. The molecule has 1 amide bonds. The first-order chi connectivity index (χ1) is 10.9. The fourth-order valence-electron chi connectivity index (χ4n) is 2.51. The third kappa shape index (κ3) is 7.95. The number of rotatable bonds is 7. The van der Waals surface area contributed by atoms with Gasteiger partial charge < -0.3 is 10.4 Å². The van der Waals surface area contributed by atoms with E-state index in [1.165, 1.54) is 0 Å². The SMILES string of the molecule is CC1CCC(NS(=O)(=O)CC(=O)NC(CC(F)(F)F)C(=O)O)CC1. The van der Waals surface area contributed by atoms with E-state index in [2.05, 4.69) is 4.72 Å². The molecule has 7 nitrogen and oxygen atoms in total. The van der Waals surface area contributed by atoms with Crippen LogP contribution in [0.2, 0.25) is 0 Å². The molecular weight excluding hydrogens is 353 g/mol. The smallest absolute Gasteiger partial charge is 0.391 e. The lowest BCUT2D eigenvalue weighted by molar-refractivity contribution is -0.159. The Labute approximate surface area is 138 Å². The number of alkyl halides is 3. The maximum Gasteiger partial charge on any atom is 0.391 e. The predicted octanol–water partition coefficient (Wildman–Crippen LogP) is 1.01. The average Bonchev–Trinajstić information content (AvgIpc) is 2.38. The van der Waals surface area contributed by atoms with Gasteiger partial charge in [-0.1, -0.05) is 6.92 Å². The van der Waals surface area contributed by atoms with Crippen molar-refractivity contribution in [3.8, 4) is 0 Å². The van der Waals surface area contributed by atoms with Crippen LogP contribution in [0.4, 0.5) is 13.2 Å². The van der Waals surface area contributed by atoms with E-state index in [1.54, 1.807) is 5.32 Å². The summed E-state index contributed by atoms with van der Waals surface area (Å²) in [4.78, 5) is 22.3. The molecule has 0 aromatic carbocycles. The highest BCUT2D eigenvalue weighted by molar-refractivity contribution is 7.90. The number of amides is 1. The van der Waals surface area contributed by atoms with Crippen molar-refractivity contribution in [2.45, 2.75) is 57.3 Å². The molecule has 1 saturated carbocycles. The molecule has 11 heteroatoms. The number of hydrogen-bond acceptors (Lipinski definition) is 4. The highest BCUT2D eigenvalue weighted by Gasteiger charge is 2.37. The van der Waals surface area contributed by atoms with Crippen molar-refractivity contribution in [2.75, 3.05) is 5.75 Å². The molecule has 24 heavy (non-hydrogen) atoms. The first-order valence-corrected chi connectivity index (χ1v) is 9.12. The molecule has 1 rings (SSSR count). The van der Waals surface area contributed by atoms with Crippen LogP contribution < -0.4 is 10.0 Å². The zero-order chi connectivity index (χ0) is 18.5. The van der Waals surface area contributed by atoms with E-state index in [0.29, 0.717) is 18.8 Å².